The Morgan fingerprint density at radius 1 is 0.700 bits per heavy atom. The van der Waals surface area contributed by atoms with Gasteiger partial charge in [0.05, 0.1) is 6.10 Å². The fraction of sp³-hybridized carbons (Fsp3) is 0.357. The van der Waals surface area contributed by atoms with Crippen molar-refractivity contribution in [3.05, 3.63) is 108 Å². The van der Waals surface area contributed by atoms with Gasteiger partial charge in [-0.1, -0.05) is 105 Å². The van der Waals surface area contributed by atoms with E-state index in [1.807, 2.05) is 0 Å². The molecule has 0 saturated carbocycles. The Labute approximate surface area is 182 Å². The van der Waals surface area contributed by atoms with E-state index in [9.17, 15) is 0 Å². The average molecular weight is 402 g/mol. The van der Waals surface area contributed by atoms with Crippen molar-refractivity contribution in [2.45, 2.75) is 45.3 Å². The van der Waals surface area contributed by atoms with Crippen LogP contribution in [-0.2, 0) is 10.3 Å². The topological polar surface area (TPSA) is 12.5 Å². The van der Waals surface area contributed by atoms with Crippen LogP contribution in [0.3, 0.4) is 0 Å². The predicted molar refractivity (Wildman–Crippen MR) is 127 cm³/mol. The van der Waals surface area contributed by atoms with Crippen molar-refractivity contribution >= 4 is 0 Å². The van der Waals surface area contributed by atoms with Gasteiger partial charge in [-0.15, -0.1) is 0 Å². The van der Waals surface area contributed by atoms with Gasteiger partial charge in [0.2, 0.25) is 0 Å². The zero-order valence-electron chi connectivity index (χ0n) is 18.6. The van der Waals surface area contributed by atoms with Crippen LogP contribution in [0, 0.1) is 0 Å². The summed E-state index contributed by atoms with van der Waals surface area (Å²) in [6, 6.07) is 31.9. The van der Waals surface area contributed by atoms with E-state index in [1.54, 1.807) is 0 Å². The molecule has 0 amide bonds. The molecule has 1 atom stereocenters. The number of nitrogens with zero attached hydrogens (tertiary/aromatic N) is 1. The standard InChI is InChI=1S/C28H35NO/c1-4-29(5-2)23-15-16-24(3)30-28(25-17-9-6-10-18-25,26-19-11-7-12-20-26)27-21-13-8-14-22-27/h6-14,17-22,24H,4-5,15-16,23H2,1-3H3. The summed E-state index contributed by atoms with van der Waals surface area (Å²) in [6.45, 7) is 10.0. The summed E-state index contributed by atoms with van der Waals surface area (Å²) < 4.78 is 7.03. The van der Waals surface area contributed by atoms with Crippen LogP contribution in [0.5, 0.6) is 0 Å². The number of rotatable bonds is 11. The van der Waals surface area contributed by atoms with E-state index in [0.29, 0.717) is 0 Å². The molecule has 0 fully saturated rings. The van der Waals surface area contributed by atoms with Crippen molar-refractivity contribution in [3.63, 3.8) is 0 Å². The maximum Gasteiger partial charge on any atom is 0.144 e. The second-order valence-electron chi connectivity index (χ2n) is 7.88. The second kappa shape index (κ2) is 11.1. The normalized spacial score (nSPS) is 12.8. The summed E-state index contributed by atoms with van der Waals surface area (Å²) in [4.78, 5) is 2.48. The van der Waals surface area contributed by atoms with Crippen molar-refractivity contribution < 1.29 is 4.74 Å². The SMILES string of the molecule is CCN(CC)CCCC(C)OC(c1ccccc1)(c1ccccc1)c1ccccc1. The molecular weight excluding hydrogens is 366 g/mol. The fourth-order valence-electron chi connectivity index (χ4n) is 4.23. The smallest absolute Gasteiger partial charge is 0.144 e. The highest BCUT2D eigenvalue weighted by Crippen LogP contribution is 2.41. The highest BCUT2D eigenvalue weighted by atomic mass is 16.5. The zero-order chi connectivity index (χ0) is 21.2. The molecule has 0 aliphatic rings. The molecule has 0 radical (unpaired) electrons. The van der Waals surface area contributed by atoms with E-state index in [4.69, 9.17) is 4.74 Å². The summed E-state index contributed by atoms with van der Waals surface area (Å²) in [5.74, 6) is 0. The Hall–Kier alpha value is -2.42. The van der Waals surface area contributed by atoms with Crippen LogP contribution in [0.2, 0.25) is 0 Å². The van der Waals surface area contributed by atoms with Crippen molar-refractivity contribution in [1.29, 1.82) is 0 Å². The van der Waals surface area contributed by atoms with E-state index in [2.05, 4.69) is 117 Å². The largest absolute Gasteiger partial charge is 0.358 e. The molecule has 0 bridgehead atoms. The molecule has 0 aliphatic heterocycles. The van der Waals surface area contributed by atoms with Crippen LogP contribution in [-0.4, -0.2) is 30.6 Å². The summed E-state index contributed by atoms with van der Waals surface area (Å²) in [5, 5.41) is 0. The number of ether oxygens (including phenoxy) is 1. The van der Waals surface area contributed by atoms with E-state index in [1.165, 1.54) is 0 Å². The van der Waals surface area contributed by atoms with Crippen molar-refractivity contribution in [1.82, 2.24) is 4.90 Å². The monoisotopic (exact) mass is 401 g/mol. The molecule has 2 heteroatoms. The first-order chi connectivity index (χ1) is 14.7. The molecule has 0 aliphatic carbocycles. The molecule has 158 valence electrons. The van der Waals surface area contributed by atoms with E-state index < -0.39 is 5.60 Å². The van der Waals surface area contributed by atoms with Gasteiger partial charge in [-0.2, -0.15) is 0 Å². The Kier molecular flexibility index (Phi) is 8.24. The van der Waals surface area contributed by atoms with Crippen LogP contribution in [0.25, 0.3) is 0 Å². The molecule has 2 nitrogen and oxygen atoms in total. The lowest BCUT2D eigenvalue weighted by atomic mass is 9.80. The van der Waals surface area contributed by atoms with Crippen molar-refractivity contribution in [3.8, 4) is 0 Å². The Morgan fingerprint density at radius 3 is 1.47 bits per heavy atom. The van der Waals surface area contributed by atoms with Gasteiger partial charge in [0.25, 0.3) is 0 Å². The van der Waals surface area contributed by atoms with Gasteiger partial charge in [0.1, 0.15) is 5.60 Å². The molecule has 3 aromatic rings. The van der Waals surface area contributed by atoms with E-state index >= 15 is 0 Å². The molecular formula is C28H35NO. The summed E-state index contributed by atoms with van der Waals surface area (Å²) in [7, 11) is 0. The van der Waals surface area contributed by atoms with Gasteiger partial charge in [-0.05, 0) is 56.1 Å². The van der Waals surface area contributed by atoms with Gasteiger partial charge in [0.15, 0.2) is 0 Å². The molecule has 0 spiro atoms. The minimum absolute atomic E-state index is 0.126. The lowest BCUT2D eigenvalue weighted by Crippen LogP contribution is -2.36. The number of hydrogen-bond donors (Lipinski definition) is 0. The Balaban J connectivity index is 1.97. The van der Waals surface area contributed by atoms with Crippen molar-refractivity contribution in [2.75, 3.05) is 19.6 Å². The first kappa shape index (κ1) is 22.3. The van der Waals surface area contributed by atoms with Gasteiger partial charge < -0.3 is 9.64 Å². The minimum atomic E-state index is -0.627. The number of hydrogen-bond acceptors (Lipinski definition) is 2. The molecule has 0 heterocycles. The van der Waals surface area contributed by atoms with Crippen molar-refractivity contribution in [2.24, 2.45) is 0 Å². The molecule has 0 saturated heterocycles. The lowest BCUT2D eigenvalue weighted by molar-refractivity contribution is -0.0432. The van der Waals surface area contributed by atoms with Gasteiger partial charge in [0, 0.05) is 0 Å². The van der Waals surface area contributed by atoms with Crippen LogP contribution in [0.1, 0.15) is 50.3 Å². The molecule has 3 rings (SSSR count). The van der Waals surface area contributed by atoms with Gasteiger partial charge in [-0.25, -0.2) is 0 Å². The molecule has 3 aromatic carbocycles. The third kappa shape index (κ3) is 5.19. The Bertz CT molecular complexity index is 747. The first-order valence-corrected chi connectivity index (χ1v) is 11.3. The summed E-state index contributed by atoms with van der Waals surface area (Å²) in [5.41, 5.74) is 2.87. The predicted octanol–water partition coefficient (Wildman–Crippen LogP) is 6.51. The lowest BCUT2D eigenvalue weighted by Gasteiger charge is -2.38. The third-order valence-corrected chi connectivity index (χ3v) is 5.90. The molecule has 0 aromatic heterocycles. The third-order valence-electron chi connectivity index (χ3n) is 5.90. The molecule has 1 unspecified atom stereocenters. The van der Waals surface area contributed by atoms with E-state index in [-0.39, 0.29) is 6.10 Å². The first-order valence-electron chi connectivity index (χ1n) is 11.3. The summed E-state index contributed by atoms with van der Waals surface area (Å²) in [6.07, 6.45) is 2.29. The molecule has 0 N–H and O–H groups in total. The maximum absolute atomic E-state index is 7.03. The second-order valence-corrected chi connectivity index (χ2v) is 7.88. The molecule has 30 heavy (non-hydrogen) atoms. The van der Waals surface area contributed by atoms with Crippen LogP contribution in [0.4, 0.5) is 0 Å². The zero-order valence-corrected chi connectivity index (χ0v) is 18.6. The van der Waals surface area contributed by atoms with Crippen LogP contribution >= 0.6 is 0 Å². The van der Waals surface area contributed by atoms with E-state index in [0.717, 1.165) is 49.2 Å². The number of benzene rings is 3. The minimum Gasteiger partial charge on any atom is -0.358 e. The Morgan fingerprint density at radius 2 is 1.10 bits per heavy atom. The van der Waals surface area contributed by atoms with Gasteiger partial charge in [-0.3, -0.25) is 0 Å². The van der Waals surface area contributed by atoms with Crippen LogP contribution in [0.15, 0.2) is 91.0 Å². The highest BCUT2D eigenvalue weighted by Gasteiger charge is 2.38. The van der Waals surface area contributed by atoms with Crippen LogP contribution < -0.4 is 0 Å². The maximum atomic E-state index is 7.03. The fourth-order valence-corrected chi connectivity index (χ4v) is 4.23. The highest BCUT2D eigenvalue weighted by molar-refractivity contribution is 5.47. The quantitative estimate of drug-likeness (QED) is 0.340. The van der Waals surface area contributed by atoms with Gasteiger partial charge >= 0.3 is 0 Å². The average Bonchev–Trinajstić information content (AvgIpc) is 2.82. The summed E-state index contributed by atoms with van der Waals surface area (Å²) >= 11 is 0.